The van der Waals surface area contributed by atoms with Gasteiger partial charge in [0.25, 0.3) is 5.91 Å². The molecule has 1 amide bonds. The molecule has 1 unspecified atom stereocenters. The third kappa shape index (κ3) is 4.02. The lowest BCUT2D eigenvalue weighted by molar-refractivity contribution is -0.136. The summed E-state index contributed by atoms with van der Waals surface area (Å²) in [5.41, 5.74) is 0. The SMILES string of the molecule is O=C(COc1cccc(Cl)c1)N1CCCCC1CCl. The van der Waals surface area contributed by atoms with Gasteiger partial charge >= 0.3 is 0 Å². The van der Waals surface area contributed by atoms with Crippen molar-refractivity contribution in [3.8, 4) is 5.75 Å². The molecule has 1 aliphatic rings. The Labute approximate surface area is 123 Å². The molecule has 1 atom stereocenters. The van der Waals surface area contributed by atoms with Crippen LogP contribution in [0, 0.1) is 0 Å². The highest BCUT2D eigenvalue weighted by molar-refractivity contribution is 6.30. The van der Waals surface area contributed by atoms with Crippen LogP contribution >= 0.6 is 23.2 Å². The van der Waals surface area contributed by atoms with E-state index in [-0.39, 0.29) is 18.6 Å². The second kappa shape index (κ2) is 7.01. The summed E-state index contributed by atoms with van der Waals surface area (Å²) in [6.07, 6.45) is 3.15. The fourth-order valence-corrected chi connectivity index (χ4v) is 2.78. The van der Waals surface area contributed by atoms with E-state index in [1.165, 1.54) is 0 Å². The van der Waals surface area contributed by atoms with Gasteiger partial charge in [-0.05, 0) is 37.5 Å². The maximum Gasteiger partial charge on any atom is 0.260 e. The third-order valence-corrected chi connectivity index (χ3v) is 3.88. The first kappa shape index (κ1) is 14.5. The monoisotopic (exact) mass is 301 g/mol. The lowest BCUT2D eigenvalue weighted by atomic mass is 10.0. The van der Waals surface area contributed by atoms with Crippen molar-refractivity contribution in [3.05, 3.63) is 29.3 Å². The maximum atomic E-state index is 12.1. The number of halogens is 2. The molecule has 1 aromatic rings. The number of carbonyl (C=O) groups excluding carboxylic acids is 1. The molecule has 0 aliphatic carbocycles. The molecule has 0 bridgehead atoms. The summed E-state index contributed by atoms with van der Waals surface area (Å²) in [5.74, 6) is 1.09. The topological polar surface area (TPSA) is 29.5 Å². The average molecular weight is 302 g/mol. The highest BCUT2D eigenvalue weighted by Gasteiger charge is 2.25. The first-order valence-electron chi connectivity index (χ1n) is 6.44. The highest BCUT2D eigenvalue weighted by atomic mass is 35.5. The number of hydrogen-bond acceptors (Lipinski definition) is 2. The zero-order valence-electron chi connectivity index (χ0n) is 10.6. The number of ether oxygens (including phenoxy) is 1. The Morgan fingerprint density at radius 2 is 2.26 bits per heavy atom. The molecule has 0 radical (unpaired) electrons. The van der Waals surface area contributed by atoms with Crippen LogP contribution in [-0.2, 0) is 4.79 Å². The maximum absolute atomic E-state index is 12.1. The van der Waals surface area contributed by atoms with E-state index in [1.807, 2.05) is 4.90 Å². The van der Waals surface area contributed by atoms with Crippen molar-refractivity contribution >= 4 is 29.1 Å². The number of rotatable bonds is 4. The smallest absolute Gasteiger partial charge is 0.260 e. The summed E-state index contributed by atoms with van der Waals surface area (Å²) < 4.78 is 5.48. The third-order valence-electron chi connectivity index (χ3n) is 3.28. The Kier molecular flexibility index (Phi) is 5.34. The van der Waals surface area contributed by atoms with E-state index in [1.54, 1.807) is 24.3 Å². The summed E-state index contributed by atoms with van der Waals surface area (Å²) in [5, 5.41) is 0.599. The van der Waals surface area contributed by atoms with Crippen molar-refractivity contribution in [3.63, 3.8) is 0 Å². The lowest BCUT2D eigenvalue weighted by Gasteiger charge is -2.34. The molecule has 19 heavy (non-hydrogen) atoms. The molecule has 2 rings (SSSR count). The number of nitrogens with zero attached hydrogens (tertiary/aromatic N) is 1. The molecule has 0 saturated carbocycles. The minimum atomic E-state index is -0.00896. The quantitative estimate of drug-likeness (QED) is 0.798. The van der Waals surface area contributed by atoms with Gasteiger partial charge in [0.05, 0.1) is 0 Å². The lowest BCUT2D eigenvalue weighted by Crippen LogP contribution is -2.46. The number of carbonyl (C=O) groups is 1. The van der Waals surface area contributed by atoms with Crippen LogP contribution in [0.1, 0.15) is 19.3 Å². The van der Waals surface area contributed by atoms with E-state index in [0.29, 0.717) is 16.7 Å². The molecule has 3 nitrogen and oxygen atoms in total. The van der Waals surface area contributed by atoms with Gasteiger partial charge in [0, 0.05) is 23.5 Å². The van der Waals surface area contributed by atoms with Gasteiger partial charge in [-0.2, -0.15) is 0 Å². The Morgan fingerprint density at radius 3 is 3.00 bits per heavy atom. The molecule has 104 valence electrons. The van der Waals surface area contributed by atoms with Gasteiger partial charge in [-0.25, -0.2) is 0 Å². The fourth-order valence-electron chi connectivity index (χ4n) is 2.27. The van der Waals surface area contributed by atoms with E-state index in [2.05, 4.69) is 0 Å². The van der Waals surface area contributed by atoms with Crippen LogP contribution in [0.4, 0.5) is 0 Å². The van der Waals surface area contributed by atoms with Gasteiger partial charge in [-0.15, -0.1) is 11.6 Å². The van der Waals surface area contributed by atoms with Crippen molar-refractivity contribution < 1.29 is 9.53 Å². The summed E-state index contributed by atoms with van der Waals surface area (Å²) in [6.45, 7) is 0.808. The predicted molar refractivity (Wildman–Crippen MR) is 77.0 cm³/mol. The van der Waals surface area contributed by atoms with Crippen LogP contribution in [-0.4, -0.2) is 35.9 Å². The summed E-state index contributed by atoms with van der Waals surface area (Å²) in [4.78, 5) is 14.0. The fraction of sp³-hybridized carbons (Fsp3) is 0.500. The van der Waals surface area contributed by atoms with Crippen LogP contribution in [0.25, 0.3) is 0 Å². The second-order valence-corrected chi connectivity index (χ2v) is 5.38. The standard InChI is InChI=1S/C14H17Cl2NO2/c15-9-12-5-1-2-7-17(12)14(18)10-19-13-6-3-4-11(16)8-13/h3-4,6,8,12H,1-2,5,7,9-10H2. The van der Waals surface area contributed by atoms with Gasteiger partial charge in [-0.3, -0.25) is 4.79 Å². The number of piperidine rings is 1. The summed E-state index contributed by atoms with van der Waals surface area (Å²) in [6, 6.07) is 7.19. The minimum absolute atomic E-state index is 0.00896. The zero-order valence-corrected chi connectivity index (χ0v) is 12.2. The van der Waals surface area contributed by atoms with E-state index in [0.717, 1.165) is 25.8 Å². The number of hydrogen-bond donors (Lipinski definition) is 0. The summed E-state index contributed by atoms with van der Waals surface area (Å²) in [7, 11) is 0. The van der Waals surface area contributed by atoms with Crippen molar-refractivity contribution in [2.45, 2.75) is 25.3 Å². The Bertz CT molecular complexity index is 439. The van der Waals surface area contributed by atoms with Crippen molar-refractivity contribution in [1.82, 2.24) is 4.90 Å². The van der Waals surface area contributed by atoms with Gasteiger partial charge in [-0.1, -0.05) is 17.7 Å². The molecular formula is C14H17Cl2NO2. The Hall–Kier alpha value is -0.930. The number of alkyl halides is 1. The largest absolute Gasteiger partial charge is 0.484 e. The molecule has 1 aliphatic heterocycles. The molecule has 1 fully saturated rings. The summed E-state index contributed by atoms with van der Waals surface area (Å²) >= 11 is 11.8. The first-order valence-corrected chi connectivity index (χ1v) is 7.36. The molecule has 0 spiro atoms. The highest BCUT2D eigenvalue weighted by Crippen LogP contribution is 2.20. The van der Waals surface area contributed by atoms with Crippen molar-refractivity contribution in [2.24, 2.45) is 0 Å². The number of benzene rings is 1. The van der Waals surface area contributed by atoms with E-state index >= 15 is 0 Å². The van der Waals surface area contributed by atoms with E-state index < -0.39 is 0 Å². The van der Waals surface area contributed by atoms with Crippen molar-refractivity contribution in [1.29, 1.82) is 0 Å². The van der Waals surface area contributed by atoms with Gasteiger partial charge < -0.3 is 9.64 Å². The number of likely N-dealkylation sites (tertiary alicyclic amines) is 1. The van der Waals surface area contributed by atoms with Crippen LogP contribution < -0.4 is 4.74 Å². The van der Waals surface area contributed by atoms with E-state index in [4.69, 9.17) is 27.9 Å². The van der Waals surface area contributed by atoms with Crippen LogP contribution in [0.5, 0.6) is 5.75 Å². The Balaban J connectivity index is 1.89. The molecule has 0 aromatic heterocycles. The zero-order chi connectivity index (χ0) is 13.7. The van der Waals surface area contributed by atoms with Crippen LogP contribution in [0.3, 0.4) is 0 Å². The normalized spacial score (nSPS) is 19.3. The average Bonchev–Trinajstić information content (AvgIpc) is 2.45. The minimum Gasteiger partial charge on any atom is -0.484 e. The predicted octanol–water partition coefficient (Wildman–Crippen LogP) is 3.34. The molecule has 1 saturated heterocycles. The molecule has 0 N–H and O–H groups in total. The van der Waals surface area contributed by atoms with Gasteiger partial charge in [0.2, 0.25) is 0 Å². The van der Waals surface area contributed by atoms with Crippen LogP contribution in [0.2, 0.25) is 5.02 Å². The second-order valence-electron chi connectivity index (χ2n) is 4.64. The molecule has 1 heterocycles. The Morgan fingerprint density at radius 1 is 1.42 bits per heavy atom. The van der Waals surface area contributed by atoms with Crippen LogP contribution in [0.15, 0.2) is 24.3 Å². The van der Waals surface area contributed by atoms with Crippen molar-refractivity contribution in [2.75, 3.05) is 19.0 Å². The molecule has 1 aromatic carbocycles. The van der Waals surface area contributed by atoms with Gasteiger partial charge in [0.15, 0.2) is 6.61 Å². The first-order chi connectivity index (χ1) is 9.20. The van der Waals surface area contributed by atoms with E-state index in [9.17, 15) is 4.79 Å². The van der Waals surface area contributed by atoms with Gasteiger partial charge in [0.1, 0.15) is 5.75 Å². The molecule has 5 heteroatoms. The number of amides is 1. The molecular weight excluding hydrogens is 285 g/mol.